The highest BCUT2D eigenvalue weighted by Crippen LogP contribution is 2.50. The molecule has 3 aliphatic rings. The fraction of sp³-hybridized carbons (Fsp3) is 0.560. The molecule has 0 aromatic rings. The van der Waals surface area contributed by atoms with Crippen molar-refractivity contribution in [3.63, 3.8) is 0 Å². The number of ether oxygens (including phenoxy) is 4. The van der Waals surface area contributed by atoms with Crippen molar-refractivity contribution < 1.29 is 38.4 Å². The van der Waals surface area contributed by atoms with Crippen LogP contribution in [0.4, 0.5) is 0 Å². The Labute approximate surface area is 193 Å². The van der Waals surface area contributed by atoms with Gasteiger partial charge in [0.05, 0.1) is 23.7 Å². The van der Waals surface area contributed by atoms with Crippen LogP contribution in [0, 0.1) is 5.92 Å². The van der Waals surface area contributed by atoms with Crippen LogP contribution in [-0.4, -0.2) is 60.1 Å². The average Bonchev–Trinajstić information content (AvgIpc) is 3.35. The van der Waals surface area contributed by atoms with Crippen LogP contribution in [-0.2, 0) is 33.3 Å². The molecule has 0 unspecified atom stereocenters. The lowest BCUT2D eigenvalue weighted by molar-refractivity contribution is -0.149. The second-order valence-electron chi connectivity index (χ2n) is 8.97. The SMILES string of the molecule is C=C1C(=O)O[C@H]2[C@H]1[C@H](OC(=O)/C(=C/CO)COC(=O)/C(C)=C\C)C/C(C)=C/CC[C@@]1(C)O[C@@H]21. The van der Waals surface area contributed by atoms with E-state index in [4.69, 9.17) is 18.9 Å². The van der Waals surface area contributed by atoms with Crippen LogP contribution >= 0.6 is 0 Å². The van der Waals surface area contributed by atoms with Gasteiger partial charge >= 0.3 is 17.9 Å². The summed E-state index contributed by atoms with van der Waals surface area (Å²) in [6.45, 7) is 10.4. The molecule has 1 N–H and O–H groups in total. The number of rotatable bonds is 6. The van der Waals surface area contributed by atoms with Crippen LogP contribution in [0.2, 0.25) is 0 Å². The summed E-state index contributed by atoms with van der Waals surface area (Å²) >= 11 is 0. The number of carbonyl (C=O) groups is 3. The van der Waals surface area contributed by atoms with E-state index < -0.39 is 48.2 Å². The van der Waals surface area contributed by atoms with Gasteiger partial charge in [0.2, 0.25) is 0 Å². The van der Waals surface area contributed by atoms with Gasteiger partial charge in [-0.15, -0.1) is 0 Å². The maximum atomic E-state index is 13.0. The topological polar surface area (TPSA) is 112 Å². The number of allylic oxidation sites excluding steroid dienone is 2. The van der Waals surface area contributed by atoms with E-state index in [1.807, 2.05) is 13.8 Å². The Morgan fingerprint density at radius 1 is 1.36 bits per heavy atom. The standard InChI is InChI=1S/C25H32O8/c1-6-15(3)22(27)30-13-17(9-11-26)24(29)31-18-12-14(2)8-7-10-25(5)21(33-25)20-19(18)16(4)23(28)32-20/h6,8-9,18-21,26H,4,7,10-13H2,1-3,5H3/b14-8+,15-6-,17-9+/t18-,19-,20+,21+,25-/m1/s1. The van der Waals surface area contributed by atoms with E-state index in [0.29, 0.717) is 12.0 Å². The second-order valence-corrected chi connectivity index (χ2v) is 8.97. The van der Waals surface area contributed by atoms with Crippen molar-refractivity contribution in [1.82, 2.24) is 0 Å². The summed E-state index contributed by atoms with van der Waals surface area (Å²) in [6, 6.07) is 0. The third-order valence-electron chi connectivity index (χ3n) is 6.53. The van der Waals surface area contributed by atoms with E-state index in [-0.39, 0.29) is 23.9 Å². The Balaban J connectivity index is 1.83. The maximum Gasteiger partial charge on any atom is 0.337 e. The summed E-state index contributed by atoms with van der Waals surface area (Å²) in [5.74, 6) is -2.40. The van der Waals surface area contributed by atoms with E-state index >= 15 is 0 Å². The van der Waals surface area contributed by atoms with Crippen LogP contribution in [0.15, 0.2) is 47.1 Å². The van der Waals surface area contributed by atoms with Gasteiger partial charge in [-0.05, 0) is 46.6 Å². The Morgan fingerprint density at radius 3 is 2.76 bits per heavy atom. The van der Waals surface area contributed by atoms with Gasteiger partial charge in [0.1, 0.15) is 24.9 Å². The van der Waals surface area contributed by atoms with E-state index in [2.05, 4.69) is 12.7 Å². The van der Waals surface area contributed by atoms with Crippen LogP contribution in [0.3, 0.4) is 0 Å². The van der Waals surface area contributed by atoms with Crippen molar-refractivity contribution in [3.05, 3.63) is 47.1 Å². The van der Waals surface area contributed by atoms with Crippen molar-refractivity contribution in [1.29, 1.82) is 0 Å². The molecule has 33 heavy (non-hydrogen) atoms. The average molecular weight is 461 g/mol. The predicted molar refractivity (Wildman–Crippen MR) is 119 cm³/mol. The molecule has 1 aliphatic carbocycles. The molecule has 0 aromatic carbocycles. The molecule has 0 amide bonds. The molecule has 180 valence electrons. The first-order valence-corrected chi connectivity index (χ1v) is 11.2. The number of epoxide rings is 1. The zero-order valence-electron chi connectivity index (χ0n) is 19.6. The first-order chi connectivity index (χ1) is 15.6. The largest absolute Gasteiger partial charge is 0.458 e. The van der Waals surface area contributed by atoms with Gasteiger partial charge < -0.3 is 24.1 Å². The fourth-order valence-corrected chi connectivity index (χ4v) is 4.31. The monoisotopic (exact) mass is 460 g/mol. The molecule has 3 rings (SSSR count). The zero-order chi connectivity index (χ0) is 24.3. The molecule has 0 aromatic heterocycles. The smallest absolute Gasteiger partial charge is 0.337 e. The summed E-state index contributed by atoms with van der Waals surface area (Å²) in [7, 11) is 0. The van der Waals surface area contributed by atoms with Gasteiger partial charge in [-0.3, -0.25) is 0 Å². The molecule has 2 aliphatic heterocycles. The van der Waals surface area contributed by atoms with Crippen LogP contribution in [0.5, 0.6) is 0 Å². The number of esters is 3. The van der Waals surface area contributed by atoms with Crippen LogP contribution in [0.1, 0.15) is 47.0 Å². The van der Waals surface area contributed by atoms with E-state index in [0.717, 1.165) is 18.4 Å². The van der Waals surface area contributed by atoms with Crippen molar-refractivity contribution in [2.75, 3.05) is 13.2 Å². The molecule has 2 heterocycles. The molecule has 2 fully saturated rings. The van der Waals surface area contributed by atoms with Gasteiger partial charge in [0.25, 0.3) is 0 Å². The molecule has 8 heteroatoms. The fourth-order valence-electron chi connectivity index (χ4n) is 4.31. The van der Waals surface area contributed by atoms with Crippen LogP contribution in [0.25, 0.3) is 0 Å². The van der Waals surface area contributed by atoms with E-state index in [1.54, 1.807) is 19.9 Å². The first-order valence-electron chi connectivity index (χ1n) is 11.2. The van der Waals surface area contributed by atoms with Gasteiger partial charge in [-0.1, -0.05) is 24.3 Å². The minimum Gasteiger partial charge on any atom is -0.458 e. The predicted octanol–water partition coefficient (Wildman–Crippen LogP) is 2.71. The zero-order valence-corrected chi connectivity index (χ0v) is 19.6. The van der Waals surface area contributed by atoms with Crippen molar-refractivity contribution >= 4 is 17.9 Å². The molecule has 5 atom stereocenters. The van der Waals surface area contributed by atoms with E-state index in [1.165, 1.54) is 6.08 Å². The molecule has 0 spiro atoms. The van der Waals surface area contributed by atoms with E-state index in [9.17, 15) is 19.5 Å². The lowest BCUT2D eigenvalue weighted by Crippen LogP contribution is -2.39. The highest BCUT2D eigenvalue weighted by atomic mass is 16.6. The summed E-state index contributed by atoms with van der Waals surface area (Å²) in [5, 5.41) is 9.36. The summed E-state index contributed by atoms with van der Waals surface area (Å²) in [6.07, 6.45) is 5.27. The highest BCUT2D eigenvalue weighted by molar-refractivity contribution is 5.92. The summed E-state index contributed by atoms with van der Waals surface area (Å²) < 4.78 is 22.5. The molecular formula is C25H32O8. The Kier molecular flexibility index (Phi) is 7.59. The molecule has 0 bridgehead atoms. The second kappa shape index (κ2) is 10.1. The summed E-state index contributed by atoms with van der Waals surface area (Å²) in [5.41, 5.74) is 1.25. The molecule has 0 saturated carbocycles. The van der Waals surface area contributed by atoms with Crippen molar-refractivity contribution in [2.24, 2.45) is 5.92 Å². The quantitative estimate of drug-likeness (QED) is 0.212. The van der Waals surface area contributed by atoms with Gasteiger partial charge in [-0.25, -0.2) is 14.4 Å². The number of carbonyl (C=O) groups excluding carboxylic acids is 3. The Hall–Kier alpha value is -2.71. The van der Waals surface area contributed by atoms with Gasteiger partial charge in [0.15, 0.2) is 0 Å². The minimum atomic E-state index is -0.741. The number of aliphatic hydroxyl groups is 1. The molecular weight excluding hydrogens is 428 g/mol. The van der Waals surface area contributed by atoms with Crippen molar-refractivity contribution in [3.8, 4) is 0 Å². The number of aliphatic hydroxyl groups excluding tert-OH is 1. The van der Waals surface area contributed by atoms with Crippen LogP contribution < -0.4 is 0 Å². The number of fused-ring (bicyclic) bond motifs is 3. The lowest BCUT2D eigenvalue weighted by atomic mass is 9.82. The normalized spacial score (nSPS) is 33.8. The van der Waals surface area contributed by atoms with Crippen molar-refractivity contribution in [2.45, 2.75) is 70.9 Å². The molecule has 2 saturated heterocycles. The maximum absolute atomic E-state index is 13.0. The van der Waals surface area contributed by atoms with Gasteiger partial charge in [0, 0.05) is 17.6 Å². The number of hydrogen-bond acceptors (Lipinski definition) is 8. The Morgan fingerprint density at radius 2 is 2.09 bits per heavy atom. The molecule has 0 radical (unpaired) electrons. The summed E-state index contributed by atoms with van der Waals surface area (Å²) in [4.78, 5) is 37.4. The van der Waals surface area contributed by atoms with Gasteiger partial charge in [-0.2, -0.15) is 0 Å². The molecule has 8 nitrogen and oxygen atoms in total. The first kappa shape index (κ1) is 24.9. The Bertz CT molecular complexity index is 927. The number of hydrogen-bond donors (Lipinski definition) is 1. The lowest BCUT2D eigenvalue weighted by Gasteiger charge is -2.28. The third-order valence-corrected chi connectivity index (χ3v) is 6.53. The minimum absolute atomic E-state index is 0.00777. The third kappa shape index (κ3) is 5.45. The highest BCUT2D eigenvalue weighted by Gasteiger charge is 2.63.